The predicted molar refractivity (Wildman–Crippen MR) is 84.2 cm³/mol. The normalized spacial score (nSPS) is 10.5. The van der Waals surface area contributed by atoms with Gasteiger partial charge in [-0.2, -0.15) is 15.6 Å². The number of H-pyrrole nitrogens is 1. The van der Waals surface area contributed by atoms with Crippen molar-refractivity contribution in [2.24, 2.45) is 0 Å². The molecule has 0 aliphatic rings. The fraction of sp³-hybridized carbons (Fsp3) is 0.0769. The average Bonchev–Trinajstić information content (AvgIpc) is 3.15. The largest absolute Gasteiger partial charge is 0.486 e. The van der Waals surface area contributed by atoms with Crippen molar-refractivity contribution in [1.82, 2.24) is 20.4 Å². The zero-order chi connectivity index (χ0) is 15.7. The molecule has 0 saturated heterocycles. The molecule has 22 heavy (non-hydrogen) atoms. The van der Waals surface area contributed by atoms with Crippen molar-refractivity contribution >= 4 is 34.5 Å². The van der Waals surface area contributed by atoms with Crippen molar-refractivity contribution in [3.63, 3.8) is 0 Å². The molecular formula is C13H7Cl2N5OS. The number of nitrogens with one attached hydrogen (secondary N) is 1. The summed E-state index contributed by atoms with van der Waals surface area (Å²) in [5, 5.41) is 21.3. The number of thiazole rings is 1. The standard InChI is InChI=1S/C13H7Cl2N5OS/c1-21-13-11(10-9(5-16)18-20-19-10)17-12(22-13)6-2-3-7(14)8(15)4-6/h2-4H,1H3,(H,18,19,20). The summed E-state index contributed by atoms with van der Waals surface area (Å²) in [4.78, 5) is 4.49. The quantitative estimate of drug-likeness (QED) is 0.775. The molecule has 0 fully saturated rings. The van der Waals surface area contributed by atoms with Gasteiger partial charge in [-0.25, -0.2) is 4.98 Å². The lowest BCUT2D eigenvalue weighted by Gasteiger charge is -1.98. The van der Waals surface area contributed by atoms with Crippen molar-refractivity contribution < 1.29 is 4.74 Å². The summed E-state index contributed by atoms with van der Waals surface area (Å²) in [7, 11) is 1.53. The van der Waals surface area contributed by atoms with Crippen LogP contribution in [0.15, 0.2) is 18.2 Å². The van der Waals surface area contributed by atoms with Crippen molar-refractivity contribution in [1.29, 1.82) is 5.26 Å². The van der Waals surface area contributed by atoms with Gasteiger partial charge in [0.15, 0.2) is 11.4 Å². The summed E-state index contributed by atoms with van der Waals surface area (Å²) in [6.07, 6.45) is 0. The van der Waals surface area contributed by atoms with Gasteiger partial charge in [-0.3, -0.25) is 0 Å². The number of ether oxygens (including phenoxy) is 1. The Labute approximate surface area is 139 Å². The second-order valence-electron chi connectivity index (χ2n) is 4.12. The molecule has 0 atom stereocenters. The van der Waals surface area contributed by atoms with E-state index in [1.54, 1.807) is 12.1 Å². The summed E-state index contributed by atoms with van der Waals surface area (Å²) >= 11 is 13.3. The lowest BCUT2D eigenvalue weighted by Crippen LogP contribution is -1.88. The predicted octanol–water partition coefficient (Wildman–Crippen LogP) is 3.78. The molecule has 2 aromatic heterocycles. The maximum Gasteiger partial charge on any atom is 0.204 e. The first-order valence-electron chi connectivity index (χ1n) is 5.95. The van der Waals surface area contributed by atoms with Crippen molar-refractivity contribution in [2.45, 2.75) is 0 Å². The number of halogens is 2. The molecule has 1 aromatic carbocycles. The van der Waals surface area contributed by atoms with Crippen LogP contribution in [-0.2, 0) is 0 Å². The highest BCUT2D eigenvalue weighted by molar-refractivity contribution is 7.17. The Bertz CT molecular complexity index is 883. The number of nitrogens with zero attached hydrogens (tertiary/aromatic N) is 4. The Hall–Kier alpha value is -2.14. The monoisotopic (exact) mass is 351 g/mol. The number of hydrogen-bond donors (Lipinski definition) is 1. The first-order valence-corrected chi connectivity index (χ1v) is 7.52. The summed E-state index contributed by atoms with van der Waals surface area (Å²) < 4.78 is 5.33. The number of aromatic amines is 1. The third-order valence-electron chi connectivity index (χ3n) is 2.83. The van der Waals surface area contributed by atoms with E-state index in [9.17, 15) is 0 Å². The van der Waals surface area contributed by atoms with Gasteiger partial charge in [0.05, 0.1) is 17.2 Å². The minimum absolute atomic E-state index is 0.157. The number of methoxy groups -OCH3 is 1. The molecule has 110 valence electrons. The Morgan fingerprint density at radius 2 is 2.05 bits per heavy atom. The van der Waals surface area contributed by atoms with Gasteiger partial charge in [0.2, 0.25) is 5.06 Å². The van der Waals surface area contributed by atoms with Gasteiger partial charge < -0.3 is 4.74 Å². The van der Waals surface area contributed by atoms with Gasteiger partial charge in [0.1, 0.15) is 16.8 Å². The maximum atomic E-state index is 9.05. The molecule has 2 heterocycles. The van der Waals surface area contributed by atoms with Crippen LogP contribution in [0.2, 0.25) is 10.0 Å². The maximum absolute atomic E-state index is 9.05. The molecular weight excluding hydrogens is 345 g/mol. The highest BCUT2D eigenvalue weighted by Crippen LogP contribution is 2.40. The molecule has 0 aliphatic carbocycles. The van der Waals surface area contributed by atoms with Crippen LogP contribution < -0.4 is 4.74 Å². The lowest BCUT2D eigenvalue weighted by atomic mass is 10.2. The molecule has 6 nitrogen and oxygen atoms in total. The smallest absolute Gasteiger partial charge is 0.204 e. The molecule has 0 amide bonds. The Morgan fingerprint density at radius 1 is 1.23 bits per heavy atom. The van der Waals surface area contributed by atoms with Crippen molar-refractivity contribution in [3.05, 3.63) is 33.9 Å². The van der Waals surface area contributed by atoms with Gasteiger partial charge in [0.25, 0.3) is 0 Å². The number of benzene rings is 1. The summed E-state index contributed by atoms with van der Waals surface area (Å²) in [6, 6.07) is 7.19. The summed E-state index contributed by atoms with van der Waals surface area (Å²) in [6.45, 7) is 0. The molecule has 0 bridgehead atoms. The molecule has 0 unspecified atom stereocenters. The van der Waals surface area contributed by atoms with Gasteiger partial charge in [-0.1, -0.05) is 40.6 Å². The molecule has 1 N–H and O–H groups in total. The van der Waals surface area contributed by atoms with Crippen molar-refractivity contribution in [3.8, 4) is 33.1 Å². The van der Waals surface area contributed by atoms with Crippen LogP contribution in [0, 0.1) is 11.3 Å². The van der Waals surface area contributed by atoms with E-state index in [0.29, 0.717) is 31.5 Å². The van der Waals surface area contributed by atoms with Gasteiger partial charge in [-0.05, 0) is 12.1 Å². The number of hydrogen-bond acceptors (Lipinski definition) is 6. The summed E-state index contributed by atoms with van der Waals surface area (Å²) in [5.74, 6) is 0. The second-order valence-corrected chi connectivity index (χ2v) is 5.90. The second kappa shape index (κ2) is 5.93. The first kappa shape index (κ1) is 14.8. The van der Waals surface area contributed by atoms with Crippen LogP contribution in [0.5, 0.6) is 5.06 Å². The van der Waals surface area contributed by atoms with Crippen LogP contribution in [-0.4, -0.2) is 27.5 Å². The van der Waals surface area contributed by atoms with E-state index in [4.69, 9.17) is 33.2 Å². The molecule has 0 saturated carbocycles. The third-order valence-corrected chi connectivity index (χ3v) is 4.63. The zero-order valence-corrected chi connectivity index (χ0v) is 13.4. The first-order chi connectivity index (χ1) is 10.6. The van der Waals surface area contributed by atoms with E-state index in [1.165, 1.54) is 18.4 Å². The molecule has 0 spiro atoms. The lowest BCUT2D eigenvalue weighted by molar-refractivity contribution is 0.427. The van der Waals surface area contributed by atoms with E-state index in [2.05, 4.69) is 20.4 Å². The number of nitriles is 1. The molecule has 3 rings (SSSR count). The van der Waals surface area contributed by atoms with E-state index in [1.807, 2.05) is 12.1 Å². The highest BCUT2D eigenvalue weighted by atomic mass is 35.5. The molecule has 3 aromatic rings. The van der Waals surface area contributed by atoms with E-state index >= 15 is 0 Å². The average molecular weight is 352 g/mol. The van der Waals surface area contributed by atoms with Crippen LogP contribution in [0.1, 0.15) is 5.69 Å². The third kappa shape index (κ3) is 2.52. The van der Waals surface area contributed by atoms with Crippen LogP contribution >= 0.6 is 34.5 Å². The SMILES string of the molecule is COc1sc(-c2ccc(Cl)c(Cl)c2)nc1-c1n[nH]nc1C#N. The Kier molecular flexibility index (Phi) is 3.98. The minimum Gasteiger partial charge on any atom is -0.486 e. The Balaban J connectivity index is 2.13. The molecule has 0 aliphatic heterocycles. The fourth-order valence-electron chi connectivity index (χ4n) is 1.82. The minimum atomic E-state index is 0.157. The van der Waals surface area contributed by atoms with Crippen LogP contribution in [0.3, 0.4) is 0 Å². The molecule has 9 heteroatoms. The van der Waals surface area contributed by atoms with Crippen LogP contribution in [0.25, 0.3) is 22.0 Å². The van der Waals surface area contributed by atoms with Gasteiger partial charge in [-0.15, -0.1) is 5.10 Å². The topological polar surface area (TPSA) is 87.5 Å². The Morgan fingerprint density at radius 3 is 2.73 bits per heavy atom. The number of aromatic nitrogens is 4. The van der Waals surface area contributed by atoms with Crippen molar-refractivity contribution in [2.75, 3.05) is 7.11 Å². The highest BCUT2D eigenvalue weighted by Gasteiger charge is 2.21. The van der Waals surface area contributed by atoms with Gasteiger partial charge >= 0.3 is 0 Å². The van der Waals surface area contributed by atoms with E-state index in [0.717, 1.165) is 5.56 Å². The zero-order valence-electron chi connectivity index (χ0n) is 11.1. The van der Waals surface area contributed by atoms with E-state index < -0.39 is 0 Å². The summed E-state index contributed by atoms with van der Waals surface area (Å²) in [5.41, 5.74) is 1.76. The fourth-order valence-corrected chi connectivity index (χ4v) is 3.00. The van der Waals surface area contributed by atoms with Crippen LogP contribution in [0.4, 0.5) is 0 Å². The molecule has 0 radical (unpaired) electrons. The van der Waals surface area contributed by atoms with E-state index in [-0.39, 0.29) is 5.69 Å². The van der Waals surface area contributed by atoms with Gasteiger partial charge in [0, 0.05) is 5.56 Å². The number of rotatable bonds is 3.